The maximum Gasteiger partial charge on any atom is 2.00 e. The first-order chi connectivity index (χ1) is 34.0. The van der Waals surface area contributed by atoms with E-state index in [4.69, 9.17) is 0 Å². The van der Waals surface area contributed by atoms with Gasteiger partial charge in [-0.1, -0.05) is 322 Å². The summed E-state index contributed by atoms with van der Waals surface area (Å²) in [5.41, 5.74) is 0. The molecule has 0 rings (SSSR count). The van der Waals surface area contributed by atoms with Crippen molar-refractivity contribution in [3.8, 4) is 0 Å². The van der Waals surface area contributed by atoms with E-state index in [1.807, 2.05) is 0 Å². The molecular formula is C60H118CaO8S2. The molecule has 0 N–H and O–H groups in total. The van der Waals surface area contributed by atoms with Crippen LogP contribution in [0.1, 0.15) is 336 Å². The smallest absolute Gasteiger partial charge is 0.726 e. The van der Waals surface area contributed by atoms with E-state index >= 15 is 0 Å². The normalized spacial score (nSPS) is 12.9. The molecule has 0 aliphatic carbocycles. The average Bonchev–Trinajstić information content (AvgIpc) is 3.32. The molecule has 2 unspecified atom stereocenters. The molecule has 0 aromatic rings. The largest absolute Gasteiger partial charge is 2.00 e. The zero-order chi connectivity index (χ0) is 51.8. The summed E-state index contributed by atoms with van der Waals surface area (Å²) in [5, 5.41) is 0. The predicted molar refractivity (Wildman–Crippen MR) is 307 cm³/mol. The Hall–Kier alpha value is 0.480. The second kappa shape index (κ2) is 61.3. The Morgan fingerprint density at radius 2 is 0.493 bits per heavy atom. The Morgan fingerprint density at radius 3 is 0.690 bits per heavy atom. The third-order valence-electron chi connectivity index (χ3n) is 14.0. The van der Waals surface area contributed by atoms with E-state index < -0.39 is 20.8 Å². The quantitative estimate of drug-likeness (QED) is 0.0193. The number of unbranched alkanes of at least 4 members (excludes halogenated alkanes) is 42. The molecule has 0 aliphatic heterocycles. The summed E-state index contributed by atoms with van der Waals surface area (Å²) in [6.07, 6.45) is 70.7. The van der Waals surface area contributed by atoms with Gasteiger partial charge in [0.1, 0.15) is 0 Å². The van der Waals surface area contributed by atoms with Crippen molar-refractivity contribution in [3.63, 3.8) is 0 Å². The van der Waals surface area contributed by atoms with Crippen LogP contribution in [0.15, 0.2) is 24.3 Å². The first-order valence-corrected chi connectivity index (χ1v) is 33.2. The number of hydrogen-bond acceptors (Lipinski definition) is 8. The van der Waals surface area contributed by atoms with Crippen molar-refractivity contribution in [2.24, 2.45) is 11.8 Å². The number of allylic oxidation sites excluding steroid dienone is 2. The Labute approximate surface area is 474 Å². The molecule has 0 spiro atoms. The van der Waals surface area contributed by atoms with Crippen molar-refractivity contribution in [2.75, 3.05) is 13.2 Å². The van der Waals surface area contributed by atoms with Crippen molar-refractivity contribution in [1.29, 1.82) is 0 Å². The van der Waals surface area contributed by atoms with Gasteiger partial charge in [0.25, 0.3) is 0 Å². The third kappa shape index (κ3) is 70.5. The Morgan fingerprint density at radius 1 is 0.310 bits per heavy atom. The van der Waals surface area contributed by atoms with E-state index in [-0.39, 0.29) is 62.8 Å². The van der Waals surface area contributed by atoms with Crippen LogP contribution in [0.4, 0.5) is 0 Å². The van der Waals surface area contributed by atoms with Crippen LogP contribution in [0.25, 0.3) is 0 Å². The monoisotopic (exact) mass is 1070 g/mol. The Bertz CT molecular complexity index is 1190. The van der Waals surface area contributed by atoms with Crippen LogP contribution in [0.5, 0.6) is 0 Å². The molecular weight excluding hydrogens is 953 g/mol. The molecule has 0 aliphatic rings. The van der Waals surface area contributed by atoms with Crippen LogP contribution in [0.2, 0.25) is 0 Å². The molecule has 0 heterocycles. The van der Waals surface area contributed by atoms with Gasteiger partial charge in [0.05, 0.1) is 13.2 Å². The first kappa shape index (κ1) is 75.7. The molecule has 71 heavy (non-hydrogen) atoms. The van der Waals surface area contributed by atoms with Crippen molar-refractivity contribution in [1.82, 2.24) is 0 Å². The van der Waals surface area contributed by atoms with Gasteiger partial charge in [0, 0.05) is 11.8 Å². The zero-order valence-corrected chi connectivity index (χ0v) is 51.5. The van der Waals surface area contributed by atoms with E-state index in [1.54, 1.807) is 0 Å². The van der Waals surface area contributed by atoms with Gasteiger partial charge in [0.2, 0.25) is 20.8 Å². The van der Waals surface area contributed by atoms with Crippen LogP contribution in [0, 0.1) is 11.8 Å². The van der Waals surface area contributed by atoms with E-state index in [1.165, 1.54) is 257 Å². The van der Waals surface area contributed by atoms with Crippen LogP contribution >= 0.6 is 0 Å². The second-order valence-electron chi connectivity index (χ2n) is 21.1. The van der Waals surface area contributed by atoms with E-state index in [0.717, 1.165) is 51.4 Å². The summed E-state index contributed by atoms with van der Waals surface area (Å²) in [6, 6.07) is 0. The summed E-state index contributed by atoms with van der Waals surface area (Å²) in [5.74, 6) is 0.0388. The van der Waals surface area contributed by atoms with Crippen molar-refractivity contribution in [2.45, 2.75) is 336 Å². The van der Waals surface area contributed by atoms with Gasteiger partial charge in [-0.25, -0.2) is 16.8 Å². The summed E-state index contributed by atoms with van der Waals surface area (Å²) in [6.45, 7) is 8.92. The predicted octanol–water partition coefficient (Wildman–Crippen LogP) is 19.7. The summed E-state index contributed by atoms with van der Waals surface area (Å²) in [4.78, 5) is 0. The fourth-order valence-electron chi connectivity index (χ4n) is 9.38. The number of hydrogen-bond donors (Lipinski definition) is 0. The molecule has 8 nitrogen and oxygen atoms in total. The standard InChI is InChI=1S/2C30H60O4S.Ca/c2*1-3-5-7-9-11-12-13-14-15-16-17-18-19-20-21-22-24-26-28-30(29-34-35(31,32)33)27-25-23-10-8-6-4-2;/h2*25,27,30H,3-24,26,28-29H2,1-2H3,(H,31,32,33);/q;;+2/p-2/b2*27-25+;. The van der Waals surface area contributed by atoms with E-state index in [9.17, 15) is 25.9 Å². The van der Waals surface area contributed by atoms with Gasteiger partial charge in [-0.05, 0) is 38.5 Å². The van der Waals surface area contributed by atoms with Crippen LogP contribution in [-0.2, 0) is 29.2 Å². The number of rotatable bonds is 56. The van der Waals surface area contributed by atoms with E-state index in [0.29, 0.717) is 0 Å². The van der Waals surface area contributed by atoms with Crippen LogP contribution < -0.4 is 0 Å². The zero-order valence-electron chi connectivity index (χ0n) is 47.6. The third-order valence-corrected chi connectivity index (χ3v) is 14.8. The maximum atomic E-state index is 10.8. The van der Waals surface area contributed by atoms with Gasteiger partial charge in [-0.15, -0.1) is 0 Å². The molecule has 0 saturated heterocycles. The first-order valence-electron chi connectivity index (χ1n) is 30.5. The molecule has 0 aromatic heterocycles. The van der Waals surface area contributed by atoms with E-state index in [2.05, 4.69) is 60.4 Å². The molecule has 11 heteroatoms. The molecule has 2 atom stereocenters. The summed E-state index contributed by atoms with van der Waals surface area (Å²) in [7, 11) is -9.22. The molecule has 0 amide bonds. The molecule has 0 bridgehead atoms. The van der Waals surface area contributed by atoms with Crippen LogP contribution in [-0.4, -0.2) is 76.9 Å². The fraction of sp³-hybridized carbons (Fsp3) is 0.933. The van der Waals surface area contributed by atoms with Crippen molar-refractivity contribution >= 4 is 58.5 Å². The summed E-state index contributed by atoms with van der Waals surface area (Å²) < 4.78 is 74.0. The minimum atomic E-state index is -4.61. The van der Waals surface area contributed by atoms with Crippen molar-refractivity contribution < 1.29 is 34.3 Å². The topological polar surface area (TPSA) is 133 Å². The Balaban J connectivity index is -0.00000128. The SMILES string of the molecule is CCCCCC/C=C/C(CCCCCCCCCCCCCCCCCCCC)COS(=O)(=O)[O-].CCCCCC/C=C/C(CCCCCCCCCCCCCCCCCCCC)COS(=O)(=O)[O-].[Ca+2]. The molecule has 0 aromatic carbocycles. The second-order valence-corrected chi connectivity index (χ2v) is 23.2. The molecule has 0 radical (unpaired) electrons. The maximum absolute atomic E-state index is 10.8. The molecule has 0 saturated carbocycles. The van der Waals surface area contributed by atoms with Gasteiger partial charge in [-0.3, -0.25) is 8.37 Å². The van der Waals surface area contributed by atoms with Crippen molar-refractivity contribution in [3.05, 3.63) is 24.3 Å². The molecule has 420 valence electrons. The molecule has 0 fully saturated rings. The van der Waals surface area contributed by atoms with Gasteiger partial charge in [0.15, 0.2) is 0 Å². The van der Waals surface area contributed by atoms with Crippen LogP contribution in [0.3, 0.4) is 0 Å². The fourth-order valence-corrected chi connectivity index (χ4v) is 10.1. The van der Waals surface area contributed by atoms with Gasteiger partial charge >= 0.3 is 37.7 Å². The average molecular weight is 1070 g/mol. The van der Waals surface area contributed by atoms with Gasteiger partial charge in [-0.2, -0.15) is 0 Å². The summed E-state index contributed by atoms with van der Waals surface area (Å²) >= 11 is 0. The minimum absolute atomic E-state index is 0. The minimum Gasteiger partial charge on any atom is -0.726 e. The Kier molecular flexibility index (Phi) is 65.4. The van der Waals surface area contributed by atoms with Gasteiger partial charge < -0.3 is 9.11 Å².